The van der Waals surface area contributed by atoms with E-state index in [-0.39, 0.29) is 6.10 Å². The van der Waals surface area contributed by atoms with Gasteiger partial charge in [0.2, 0.25) is 0 Å². The molecule has 2 heterocycles. The molecule has 0 bridgehead atoms. The second-order valence-electron chi connectivity index (χ2n) is 5.54. The first-order valence-electron chi connectivity index (χ1n) is 7.77. The normalized spacial score (nSPS) is 21.8. The Morgan fingerprint density at radius 1 is 1.29 bits per heavy atom. The minimum Gasteiger partial charge on any atom is -0.369 e. The van der Waals surface area contributed by atoms with Crippen LogP contribution in [0, 0.1) is 0 Å². The topological polar surface area (TPSA) is 39.1 Å². The predicted molar refractivity (Wildman–Crippen MR) is 82.9 cm³/mol. The molecule has 0 radical (unpaired) electrons. The second-order valence-corrected chi connectivity index (χ2v) is 5.54. The number of imidazole rings is 1. The van der Waals surface area contributed by atoms with Gasteiger partial charge in [-0.15, -0.1) is 0 Å². The Kier molecular flexibility index (Phi) is 4.68. The molecule has 0 spiro atoms. The summed E-state index contributed by atoms with van der Waals surface area (Å²) in [5.41, 5.74) is 2.53. The van der Waals surface area contributed by atoms with Gasteiger partial charge in [0.1, 0.15) is 0 Å². The lowest BCUT2D eigenvalue weighted by Crippen LogP contribution is -2.26. The van der Waals surface area contributed by atoms with Crippen molar-refractivity contribution >= 4 is 0 Å². The fourth-order valence-corrected chi connectivity index (χ4v) is 2.91. The van der Waals surface area contributed by atoms with Gasteiger partial charge in [0.15, 0.2) is 0 Å². The molecule has 1 saturated heterocycles. The molecule has 1 N–H and O–H groups in total. The Bertz CT molecular complexity index is 552. The summed E-state index contributed by atoms with van der Waals surface area (Å²) in [5.74, 6) is 0. The van der Waals surface area contributed by atoms with Gasteiger partial charge in [-0.3, -0.25) is 0 Å². The third-order valence-electron chi connectivity index (χ3n) is 4.10. The van der Waals surface area contributed by atoms with Crippen LogP contribution >= 0.6 is 0 Å². The Hall–Kier alpha value is -1.65. The van der Waals surface area contributed by atoms with Gasteiger partial charge in [-0.1, -0.05) is 30.3 Å². The van der Waals surface area contributed by atoms with Crippen LogP contribution in [0.5, 0.6) is 0 Å². The van der Waals surface area contributed by atoms with Crippen molar-refractivity contribution in [1.82, 2.24) is 14.9 Å². The second kappa shape index (κ2) is 6.87. The van der Waals surface area contributed by atoms with E-state index in [1.807, 2.05) is 18.6 Å². The molecule has 2 unspecified atom stereocenters. The first kappa shape index (κ1) is 14.3. The highest BCUT2D eigenvalue weighted by atomic mass is 16.5. The molecule has 4 heteroatoms. The number of hydrogen-bond donors (Lipinski definition) is 1. The first-order chi connectivity index (χ1) is 10.4. The van der Waals surface area contributed by atoms with Crippen LogP contribution in [0.15, 0.2) is 42.9 Å². The number of benzene rings is 1. The monoisotopic (exact) mass is 285 g/mol. The molecule has 0 aliphatic carbocycles. The Labute approximate surface area is 126 Å². The first-order valence-corrected chi connectivity index (χ1v) is 7.77. The third kappa shape index (κ3) is 3.52. The molecule has 2 atom stereocenters. The van der Waals surface area contributed by atoms with Crippen molar-refractivity contribution in [3.8, 4) is 0 Å². The number of aryl methyl sites for hydroxylation is 1. The average Bonchev–Trinajstić information content (AvgIpc) is 3.17. The van der Waals surface area contributed by atoms with E-state index >= 15 is 0 Å². The predicted octanol–water partition coefficient (Wildman–Crippen LogP) is 2.91. The SMILES string of the molecule is CCn1cncc1CNCC1CCC(c2ccccc2)O1. The van der Waals surface area contributed by atoms with E-state index in [1.54, 1.807) is 0 Å². The maximum absolute atomic E-state index is 6.14. The fraction of sp³-hybridized carbons (Fsp3) is 0.471. The highest BCUT2D eigenvalue weighted by Gasteiger charge is 2.25. The lowest BCUT2D eigenvalue weighted by molar-refractivity contribution is 0.0447. The van der Waals surface area contributed by atoms with Crippen LogP contribution < -0.4 is 5.32 Å². The molecular formula is C17H23N3O. The summed E-state index contributed by atoms with van der Waals surface area (Å²) in [6, 6.07) is 10.5. The van der Waals surface area contributed by atoms with Gasteiger partial charge in [0.25, 0.3) is 0 Å². The zero-order chi connectivity index (χ0) is 14.5. The van der Waals surface area contributed by atoms with E-state index in [4.69, 9.17) is 4.74 Å². The van der Waals surface area contributed by atoms with Gasteiger partial charge in [-0.2, -0.15) is 0 Å². The lowest BCUT2D eigenvalue weighted by Gasteiger charge is -2.15. The summed E-state index contributed by atoms with van der Waals surface area (Å²) in [7, 11) is 0. The van der Waals surface area contributed by atoms with Crippen molar-refractivity contribution in [3.05, 3.63) is 54.1 Å². The van der Waals surface area contributed by atoms with Gasteiger partial charge in [-0.25, -0.2) is 4.98 Å². The van der Waals surface area contributed by atoms with Gasteiger partial charge >= 0.3 is 0 Å². The molecule has 4 nitrogen and oxygen atoms in total. The summed E-state index contributed by atoms with van der Waals surface area (Å²) < 4.78 is 8.30. The zero-order valence-corrected chi connectivity index (χ0v) is 12.5. The molecule has 21 heavy (non-hydrogen) atoms. The minimum atomic E-state index is 0.263. The summed E-state index contributed by atoms with van der Waals surface area (Å²) in [6.45, 7) is 4.85. The van der Waals surface area contributed by atoms with Crippen LogP contribution in [0.2, 0.25) is 0 Å². The summed E-state index contributed by atoms with van der Waals surface area (Å²) in [6.07, 6.45) is 6.63. The molecule has 1 aromatic heterocycles. The van der Waals surface area contributed by atoms with E-state index < -0.39 is 0 Å². The third-order valence-corrected chi connectivity index (χ3v) is 4.10. The van der Waals surface area contributed by atoms with Gasteiger partial charge < -0.3 is 14.6 Å². The molecule has 1 aromatic carbocycles. The van der Waals surface area contributed by atoms with Crippen LogP contribution in [-0.2, 0) is 17.8 Å². The van der Waals surface area contributed by atoms with Gasteiger partial charge in [0, 0.05) is 25.8 Å². The molecule has 2 aromatic rings. The largest absolute Gasteiger partial charge is 0.369 e. The van der Waals surface area contributed by atoms with Gasteiger partial charge in [-0.05, 0) is 25.3 Å². The maximum atomic E-state index is 6.14. The van der Waals surface area contributed by atoms with Crippen LogP contribution in [0.4, 0.5) is 0 Å². The Morgan fingerprint density at radius 2 is 2.14 bits per heavy atom. The minimum absolute atomic E-state index is 0.263. The Balaban J connectivity index is 1.45. The van der Waals surface area contributed by atoms with E-state index in [0.29, 0.717) is 6.10 Å². The highest BCUT2D eigenvalue weighted by Crippen LogP contribution is 2.32. The van der Waals surface area contributed by atoms with Crippen LogP contribution in [0.25, 0.3) is 0 Å². The Morgan fingerprint density at radius 3 is 2.95 bits per heavy atom. The molecular weight excluding hydrogens is 262 g/mol. The van der Waals surface area contributed by atoms with E-state index in [9.17, 15) is 0 Å². The zero-order valence-electron chi connectivity index (χ0n) is 12.5. The molecule has 3 rings (SSSR count). The number of nitrogens with one attached hydrogen (secondary N) is 1. The molecule has 112 valence electrons. The van der Waals surface area contributed by atoms with Crippen molar-refractivity contribution < 1.29 is 4.74 Å². The number of ether oxygens (including phenoxy) is 1. The molecule has 0 amide bonds. The highest BCUT2D eigenvalue weighted by molar-refractivity contribution is 5.18. The average molecular weight is 285 g/mol. The van der Waals surface area contributed by atoms with E-state index in [2.05, 4.69) is 46.1 Å². The number of nitrogens with zero attached hydrogens (tertiary/aromatic N) is 2. The lowest BCUT2D eigenvalue weighted by atomic mass is 10.1. The van der Waals surface area contributed by atoms with Crippen molar-refractivity contribution in [2.24, 2.45) is 0 Å². The fourth-order valence-electron chi connectivity index (χ4n) is 2.91. The van der Waals surface area contributed by atoms with Gasteiger partial charge in [0.05, 0.1) is 24.2 Å². The molecule has 1 aliphatic rings. The van der Waals surface area contributed by atoms with E-state index in [1.165, 1.54) is 11.3 Å². The smallest absolute Gasteiger partial charge is 0.0948 e. The van der Waals surface area contributed by atoms with Crippen LogP contribution in [-0.4, -0.2) is 22.2 Å². The number of hydrogen-bond acceptors (Lipinski definition) is 3. The van der Waals surface area contributed by atoms with Crippen molar-refractivity contribution in [2.45, 2.75) is 45.1 Å². The van der Waals surface area contributed by atoms with E-state index in [0.717, 1.165) is 32.5 Å². The standard InChI is InChI=1S/C17H23N3O/c1-2-20-13-19-11-15(20)10-18-12-16-8-9-17(21-16)14-6-4-3-5-7-14/h3-7,11,13,16-18H,2,8-10,12H2,1H3. The summed E-state index contributed by atoms with van der Waals surface area (Å²) >= 11 is 0. The van der Waals surface area contributed by atoms with Crippen LogP contribution in [0.3, 0.4) is 0 Å². The number of rotatable bonds is 6. The van der Waals surface area contributed by atoms with Crippen LogP contribution in [0.1, 0.15) is 37.1 Å². The maximum Gasteiger partial charge on any atom is 0.0948 e. The van der Waals surface area contributed by atoms with Crippen molar-refractivity contribution in [3.63, 3.8) is 0 Å². The van der Waals surface area contributed by atoms with Crippen molar-refractivity contribution in [1.29, 1.82) is 0 Å². The number of aromatic nitrogens is 2. The van der Waals surface area contributed by atoms with Crippen molar-refractivity contribution in [2.75, 3.05) is 6.54 Å². The molecule has 1 fully saturated rings. The molecule has 0 saturated carbocycles. The summed E-state index contributed by atoms with van der Waals surface area (Å²) in [5, 5.41) is 3.49. The quantitative estimate of drug-likeness (QED) is 0.887. The molecule has 1 aliphatic heterocycles. The summed E-state index contributed by atoms with van der Waals surface area (Å²) in [4.78, 5) is 4.19.